The first-order valence-corrected chi connectivity index (χ1v) is 19.4. The number of likely N-dealkylation sites (N-methyl/N-ethyl adjacent to an activating group) is 2. The van der Waals surface area contributed by atoms with Gasteiger partial charge in [0.15, 0.2) is 23.1 Å². The van der Waals surface area contributed by atoms with Gasteiger partial charge in [-0.05, 0) is 52.5 Å². The Morgan fingerprint density at radius 3 is 1.28 bits per heavy atom. The molecule has 312 valence electrons. The quantitative estimate of drug-likeness (QED) is 0.0792. The van der Waals surface area contributed by atoms with Gasteiger partial charge in [0, 0.05) is 78.6 Å². The molecule has 0 saturated carbocycles. The fourth-order valence-electron chi connectivity index (χ4n) is 6.09. The molecule has 0 bridgehead atoms. The summed E-state index contributed by atoms with van der Waals surface area (Å²) in [7, 11) is 7.95. The lowest BCUT2D eigenvalue weighted by molar-refractivity contribution is 0.0976. The zero-order valence-electron chi connectivity index (χ0n) is 32.4. The van der Waals surface area contributed by atoms with Crippen molar-refractivity contribution in [2.24, 2.45) is 5.73 Å². The Hall–Kier alpha value is -4.73. The summed E-state index contributed by atoms with van der Waals surface area (Å²) in [5.74, 6) is -1.97. The number of fused-ring (bicyclic) bond motifs is 4. The van der Waals surface area contributed by atoms with Crippen LogP contribution >= 0.6 is 23.2 Å². The van der Waals surface area contributed by atoms with E-state index in [0.717, 1.165) is 25.7 Å². The van der Waals surface area contributed by atoms with Crippen molar-refractivity contribution in [3.05, 3.63) is 123 Å². The van der Waals surface area contributed by atoms with Gasteiger partial charge in [-0.15, -0.1) is 23.2 Å². The molecule has 2 aliphatic carbocycles. The van der Waals surface area contributed by atoms with E-state index in [9.17, 15) is 33.8 Å². The first kappa shape index (κ1) is 47.6. The highest BCUT2D eigenvalue weighted by molar-refractivity contribution is 6.32. The summed E-state index contributed by atoms with van der Waals surface area (Å²) in [5, 5.41) is 28.5. The summed E-state index contributed by atoms with van der Waals surface area (Å²) in [5.41, 5.74) is 8.35. The highest BCUT2D eigenvalue weighted by Crippen LogP contribution is 2.37. The van der Waals surface area contributed by atoms with Crippen molar-refractivity contribution < 1.29 is 33.8 Å². The zero-order valence-corrected chi connectivity index (χ0v) is 33.9. The van der Waals surface area contributed by atoms with E-state index in [2.05, 4.69) is 20.9 Å². The standard InChI is InChI=1S/C21H24ClN3O3.C17H13ClFNO3.C4H12N2.CH4/c1-25(2)10-9-23-16-7-8-17(24-12-13(26)11-22)19-18(16)20(27)14-5-3-4-6-15(14)21(19)28;18-7-9(21)8-20-13-6-5-12(19)14-15(13)17(23)11-4-2-1-3-10(11)16(14)22;1-6(2)4-3-5;/h3-8,13,23-24,26H,9-12H2,1-2H3;1-6,9,20-21H,7-8H2;3-5H2,1-2H3;1H4/t13-;9-;;/m11../s1. The van der Waals surface area contributed by atoms with Gasteiger partial charge in [-0.1, -0.05) is 56.0 Å². The van der Waals surface area contributed by atoms with E-state index in [4.69, 9.17) is 28.9 Å². The third-order valence-corrected chi connectivity index (χ3v) is 9.68. The van der Waals surface area contributed by atoms with E-state index in [-0.39, 0.29) is 66.1 Å². The normalized spacial score (nSPS) is 13.4. The highest BCUT2D eigenvalue weighted by atomic mass is 35.5. The molecule has 2 atom stereocenters. The lowest BCUT2D eigenvalue weighted by Crippen LogP contribution is -2.27. The van der Waals surface area contributed by atoms with E-state index >= 15 is 0 Å². The van der Waals surface area contributed by atoms with Crippen LogP contribution in [-0.4, -0.2) is 135 Å². The van der Waals surface area contributed by atoms with Crippen LogP contribution in [0, 0.1) is 5.82 Å². The van der Waals surface area contributed by atoms with Crippen LogP contribution < -0.4 is 21.7 Å². The molecule has 6 rings (SSSR count). The Kier molecular flexibility index (Phi) is 18.4. The minimum Gasteiger partial charge on any atom is -0.390 e. The van der Waals surface area contributed by atoms with Crippen molar-refractivity contribution in [1.29, 1.82) is 0 Å². The Bertz CT molecular complexity index is 2080. The number of ketones is 4. The van der Waals surface area contributed by atoms with Gasteiger partial charge in [-0.25, -0.2) is 4.39 Å². The zero-order chi connectivity index (χ0) is 41.8. The van der Waals surface area contributed by atoms with Gasteiger partial charge >= 0.3 is 0 Å². The molecule has 0 radical (unpaired) electrons. The SMILES string of the molecule is C.CN(C)CCN.CN(C)CCNc1ccc(NC[C@H](O)CCl)c2c1C(=O)c1ccccc1C2=O.O=C1c2ccccc2C(=O)c2c(NC[C@H](O)CCl)ccc(F)c21. The Balaban J connectivity index is 0.000000272. The number of nitrogens with one attached hydrogen (secondary N) is 3. The minimum atomic E-state index is -0.820. The van der Waals surface area contributed by atoms with Gasteiger partial charge in [0.05, 0.1) is 46.2 Å². The maximum atomic E-state index is 14.2. The first-order valence-electron chi connectivity index (χ1n) is 18.3. The van der Waals surface area contributed by atoms with Crippen LogP contribution in [0.15, 0.2) is 72.8 Å². The molecule has 0 heterocycles. The van der Waals surface area contributed by atoms with Gasteiger partial charge in [0.25, 0.3) is 0 Å². The molecule has 0 aliphatic heterocycles. The van der Waals surface area contributed by atoms with E-state index in [1.54, 1.807) is 54.6 Å². The predicted octanol–water partition coefficient (Wildman–Crippen LogP) is 5.20. The van der Waals surface area contributed by atoms with Crippen LogP contribution in [0.3, 0.4) is 0 Å². The maximum absolute atomic E-state index is 14.2. The van der Waals surface area contributed by atoms with Crippen LogP contribution in [-0.2, 0) is 0 Å². The fraction of sp³-hybridized carbons (Fsp3) is 0.349. The summed E-state index contributed by atoms with van der Waals surface area (Å²) in [6.07, 6.45) is -1.57. The van der Waals surface area contributed by atoms with Crippen molar-refractivity contribution in [2.75, 3.05) is 95.2 Å². The number of aliphatic hydroxyl groups is 2. The second-order valence-electron chi connectivity index (χ2n) is 13.9. The summed E-state index contributed by atoms with van der Waals surface area (Å²) in [6, 6.07) is 19.3. The maximum Gasteiger partial charge on any atom is 0.197 e. The third-order valence-electron chi connectivity index (χ3n) is 8.96. The summed E-state index contributed by atoms with van der Waals surface area (Å²) >= 11 is 11.2. The van der Waals surface area contributed by atoms with Gasteiger partial charge in [0.2, 0.25) is 0 Å². The Labute approximate surface area is 349 Å². The number of nitrogens with two attached hydrogens (primary N) is 1. The second-order valence-corrected chi connectivity index (χ2v) is 14.5. The summed E-state index contributed by atoms with van der Waals surface area (Å²) < 4.78 is 14.2. The van der Waals surface area contributed by atoms with Gasteiger partial charge in [-0.3, -0.25) is 19.2 Å². The largest absolute Gasteiger partial charge is 0.390 e. The topological polar surface area (TPSA) is 177 Å². The molecule has 12 nitrogen and oxygen atoms in total. The van der Waals surface area contributed by atoms with Crippen LogP contribution in [0.25, 0.3) is 0 Å². The number of aliphatic hydroxyl groups excluding tert-OH is 2. The van der Waals surface area contributed by atoms with Crippen LogP contribution in [0.1, 0.15) is 71.1 Å². The molecule has 0 unspecified atom stereocenters. The van der Waals surface area contributed by atoms with Crippen molar-refractivity contribution in [3.63, 3.8) is 0 Å². The number of hydrogen-bond acceptors (Lipinski definition) is 12. The molecule has 2 aliphatic rings. The number of carbonyl (C=O) groups is 4. The van der Waals surface area contributed by atoms with Crippen molar-refractivity contribution in [1.82, 2.24) is 9.80 Å². The predicted molar refractivity (Wildman–Crippen MR) is 231 cm³/mol. The number of halogens is 3. The smallest absolute Gasteiger partial charge is 0.197 e. The molecular formula is C43H53Cl2FN6O6. The van der Waals surface area contributed by atoms with Gasteiger partial charge < -0.3 is 41.7 Å². The van der Waals surface area contributed by atoms with Gasteiger partial charge in [-0.2, -0.15) is 0 Å². The Morgan fingerprint density at radius 1 is 0.586 bits per heavy atom. The summed E-state index contributed by atoms with van der Waals surface area (Å²) in [6.45, 7) is 3.44. The number of anilines is 3. The number of alkyl halides is 2. The monoisotopic (exact) mass is 838 g/mol. The van der Waals surface area contributed by atoms with Crippen LogP contribution in [0.5, 0.6) is 0 Å². The van der Waals surface area contributed by atoms with E-state index in [1.807, 2.05) is 33.1 Å². The van der Waals surface area contributed by atoms with Crippen LogP contribution in [0.4, 0.5) is 21.5 Å². The molecule has 0 aromatic heterocycles. The number of nitrogens with zero attached hydrogens (tertiary/aromatic N) is 2. The van der Waals surface area contributed by atoms with E-state index in [1.165, 1.54) is 12.1 Å². The molecule has 15 heteroatoms. The molecule has 7 N–H and O–H groups in total. The number of hydrogen-bond donors (Lipinski definition) is 6. The molecule has 4 aromatic carbocycles. The average Bonchev–Trinajstić information content (AvgIpc) is 3.20. The fourth-order valence-corrected chi connectivity index (χ4v) is 6.30. The molecule has 0 fully saturated rings. The van der Waals surface area contributed by atoms with Crippen molar-refractivity contribution >= 4 is 63.4 Å². The molecule has 58 heavy (non-hydrogen) atoms. The average molecular weight is 840 g/mol. The molecule has 0 spiro atoms. The lowest BCUT2D eigenvalue weighted by Gasteiger charge is -2.24. The van der Waals surface area contributed by atoms with Crippen molar-refractivity contribution in [2.45, 2.75) is 19.6 Å². The Morgan fingerprint density at radius 2 is 0.931 bits per heavy atom. The molecule has 0 amide bonds. The number of rotatable bonds is 14. The van der Waals surface area contributed by atoms with Gasteiger partial charge in [0.1, 0.15) is 5.82 Å². The second kappa shape index (κ2) is 22.4. The number of benzene rings is 4. The first-order chi connectivity index (χ1) is 27.2. The molecule has 4 aromatic rings. The van der Waals surface area contributed by atoms with E-state index < -0.39 is 29.6 Å². The summed E-state index contributed by atoms with van der Waals surface area (Å²) in [4.78, 5) is 55.7. The number of carbonyl (C=O) groups excluding carboxylic acids is 4. The molecular weight excluding hydrogens is 786 g/mol. The van der Waals surface area contributed by atoms with Crippen LogP contribution in [0.2, 0.25) is 0 Å². The third kappa shape index (κ3) is 11.5. The lowest BCUT2D eigenvalue weighted by atomic mass is 9.82. The van der Waals surface area contributed by atoms with E-state index in [0.29, 0.717) is 45.9 Å². The highest BCUT2D eigenvalue weighted by Gasteiger charge is 2.35. The minimum absolute atomic E-state index is 0. The van der Waals surface area contributed by atoms with Crippen molar-refractivity contribution in [3.8, 4) is 0 Å². The molecule has 0 saturated heterocycles.